The van der Waals surface area contributed by atoms with Gasteiger partial charge in [-0.25, -0.2) is 0 Å². The van der Waals surface area contributed by atoms with E-state index in [0.717, 1.165) is 12.8 Å². The number of hydrogen-bond acceptors (Lipinski definition) is 2. The molecule has 0 amide bonds. The van der Waals surface area contributed by atoms with Gasteiger partial charge in [0.1, 0.15) is 5.78 Å². The zero-order valence-corrected chi connectivity index (χ0v) is 10.5. The molecule has 0 spiro atoms. The number of Topliss-reactive ketones (excluding diaryl/α,β-unsaturated/α-hetero) is 1. The van der Waals surface area contributed by atoms with E-state index in [0.29, 0.717) is 0 Å². The highest BCUT2D eigenvalue weighted by molar-refractivity contribution is 5.87. The van der Waals surface area contributed by atoms with Gasteiger partial charge in [0.2, 0.25) is 0 Å². The first-order chi connectivity index (χ1) is 6.14. The van der Waals surface area contributed by atoms with E-state index in [1.54, 1.807) is 0 Å². The number of nitrogens with two attached hydrogens (primary N) is 1. The third kappa shape index (κ3) is 2.81. The molecule has 0 heterocycles. The van der Waals surface area contributed by atoms with Crippen LogP contribution < -0.4 is 5.73 Å². The molecule has 0 saturated heterocycles. The normalized spacial score (nSPS) is 15.4. The van der Waals surface area contributed by atoms with Crippen LogP contribution in [0.1, 0.15) is 54.4 Å². The lowest BCUT2D eigenvalue weighted by Crippen LogP contribution is -2.53. The minimum Gasteiger partial charge on any atom is -0.325 e. The molecule has 0 aromatic carbocycles. The molecule has 0 aromatic rings. The van der Waals surface area contributed by atoms with Crippen LogP contribution in [0.25, 0.3) is 0 Å². The maximum absolute atomic E-state index is 12.1. The minimum atomic E-state index is -0.452. The van der Waals surface area contributed by atoms with Crippen molar-refractivity contribution < 1.29 is 4.79 Å². The van der Waals surface area contributed by atoms with Crippen LogP contribution in [0.15, 0.2) is 0 Å². The Bertz CT molecular complexity index is 201. The summed E-state index contributed by atoms with van der Waals surface area (Å²) < 4.78 is 0. The van der Waals surface area contributed by atoms with Crippen molar-refractivity contribution in [2.24, 2.45) is 17.1 Å². The molecule has 2 heteroatoms. The van der Waals surface area contributed by atoms with Crippen LogP contribution in [0.5, 0.6) is 0 Å². The highest BCUT2D eigenvalue weighted by atomic mass is 16.1. The number of carbonyl (C=O) groups is 1. The van der Waals surface area contributed by atoms with Gasteiger partial charge in [-0.3, -0.25) is 4.79 Å². The average molecular weight is 199 g/mol. The molecule has 0 fully saturated rings. The van der Waals surface area contributed by atoms with E-state index in [2.05, 4.69) is 6.92 Å². The summed E-state index contributed by atoms with van der Waals surface area (Å²) in [5.74, 6) is 0.407. The highest BCUT2D eigenvalue weighted by Crippen LogP contribution is 2.33. The molecule has 0 aliphatic carbocycles. The van der Waals surface area contributed by atoms with Gasteiger partial charge in [-0.2, -0.15) is 0 Å². The van der Waals surface area contributed by atoms with Crippen molar-refractivity contribution in [1.82, 2.24) is 0 Å². The van der Waals surface area contributed by atoms with Crippen molar-refractivity contribution in [3.8, 4) is 0 Å². The maximum Gasteiger partial charge on any atom is 0.143 e. The van der Waals surface area contributed by atoms with E-state index in [4.69, 9.17) is 5.73 Å². The van der Waals surface area contributed by atoms with Gasteiger partial charge in [-0.05, 0) is 20.3 Å². The van der Waals surface area contributed by atoms with Crippen LogP contribution in [-0.4, -0.2) is 11.3 Å². The minimum absolute atomic E-state index is 0.123. The Morgan fingerprint density at radius 1 is 1.29 bits per heavy atom. The summed E-state index contributed by atoms with van der Waals surface area (Å²) in [6, 6.07) is 0. The molecule has 84 valence electrons. The maximum atomic E-state index is 12.1. The van der Waals surface area contributed by atoms with Gasteiger partial charge >= 0.3 is 0 Å². The number of hydrogen-bond donors (Lipinski definition) is 1. The second-order valence-corrected chi connectivity index (χ2v) is 5.40. The Hall–Kier alpha value is -0.370. The van der Waals surface area contributed by atoms with E-state index in [1.807, 2.05) is 34.6 Å². The standard InChI is InChI=1S/C12H25NO/c1-7-8-9(2)10(14)11(3,4)12(5,6)13/h9H,7-8,13H2,1-6H3. The second-order valence-electron chi connectivity index (χ2n) is 5.40. The van der Waals surface area contributed by atoms with E-state index < -0.39 is 11.0 Å². The van der Waals surface area contributed by atoms with Gasteiger partial charge in [-0.1, -0.05) is 34.1 Å². The molecule has 0 aromatic heterocycles. The smallest absolute Gasteiger partial charge is 0.143 e. The van der Waals surface area contributed by atoms with Crippen LogP contribution in [0.3, 0.4) is 0 Å². The van der Waals surface area contributed by atoms with Crippen LogP contribution in [0, 0.1) is 11.3 Å². The highest BCUT2D eigenvalue weighted by Gasteiger charge is 2.41. The molecule has 1 unspecified atom stereocenters. The van der Waals surface area contributed by atoms with Crippen LogP contribution in [0.2, 0.25) is 0 Å². The number of rotatable bonds is 5. The predicted octanol–water partition coefficient (Wildman–Crippen LogP) is 2.76. The zero-order chi connectivity index (χ0) is 11.6. The zero-order valence-electron chi connectivity index (χ0n) is 10.5. The van der Waals surface area contributed by atoms with Crippen molar-refractivity contribution >= 4 is 5.78 Å². The molecular formula is C12H25NO. The summed E-state index contributed by atoms with van der Waals surface area (Å²) in [5.41, 5.74) is 5.13. The van der Waals surface area contributed by atoms with Crippen molar-refractivity contribution in [3.05, 3.63) is 0 Å². The van der Waals surface area contributed by atoms with Crippen LogP contribution in [0.4, 0.5) is 0 Å². The van der Waals surface area contributed by atoms with E-state index in [1.165, 1.54) is 0 Å². The Morgan fingerprint density at radius 2 is 1.71 bits per heavy atom. The van der Waals surface area contributed by atoms with Gasteiger partial charge in [0.25, 0.3) is 0 Å². The van der Waals surface area contributed by atoms with E-state index >= 15 is 0 Å². The Morgan fingerprint density at radius 3 is 2.00 bits per heavy atom. The topological polar surface area (TPSA) is 43.1 Å². The van der Waals surface area contributed by atoms with E-state index in [-0.39, 0.29) is 11.7 Å². The first-order valence-corrected chi connectivity index (χ1v) is 5.47. The predicted molar refractivity (Wildman–Crippen MR) is 61.1 cm³/mol. The van der Waals surface area contributed by atoms with Crippen LogP contribution >= 0.6 is 0 Å². The number of ketones is 1. The van der Waals surface area contributed by atoms with Crippen molar-refractivity contribution in [1.29, 1.82) is 0 Å². The molecule has 14 heavy (non-hydrogen) atoms. The SMILES string of the molecule is CCCC(C)C(=O)C(C)(C)C(C)(C)N. The fraction of sp³-hybridized carbons (Fsp3) is 0.917. The Labute approximate surface area is 88.3 Å². The molecule has 2 nitrogen and oxygen atoms in total. The van der Waals surface area contributed by atoms with Gasteiger partial charge in [0.15, 0.2) is 0 Å². The fourth-order valence-corrected chi connectivity index (χ4v) is 1.50. The molecule has 0 aliphatic heterocycles. The Kier molecular flexibility index (Phi) is 4.32. The van der Waals surface area contributed by atoms with Crippen molar-refractivity contribution in [2.45, 2.75) is 59.9 Å². The monoisotopic (exact) mass is 199 g/mol. The average Bonchev–Trinajstić information content (AvgIpc) is 2.01. The lowest BCUT2D eigenvalue weighted by atomic mass is 9.68. The summed E-state index contributed by atoms with van der Waals surface area (Å²) in [6.45, 7) is 11.8. The van der Waals surface area contributed by atoms with Gasteiger partial charge in [0.05, 0.1) is 0 Å². The third-order valence-corrected chi connectivity index (χ3v) is 3.40. The summed E-state index contributed by atoms with van der Waals surface area (Å²) in [5, 5.41) is 0. The van der Waals surface area contributed by atoms with Crippen LogP contribution in [-0.2, 0) is 4.79 Å². The van der Waals surface area contributed by atoms with Gasteiger partial charge in [0, 0.05) is 16.9 Å². The summed E-state index contributed by atoms with van der Waals surface area (Å²) in [7, 11) is 0. The quantitative estimate of drug-likeness (QED) is 0.740. The lowest BCUT2D eigenvalue weighted by Gasteiger charge is -2.38. The summed E-state index contributed by atoms with van der Waals surface area (Å²) in [4.78, 5) is 12.1. The van der Waals surface area contributed by atoms with Crippen molar-refractivity contribution in [3.63, 3.8) is 0 Å². The Balaban J connectivity index is 4.67. The fourth-order valence-electron chi connectivity index (χ4n) is 1.50. The second kappa shape index (κ2) is 4.43. The molecule has 0 rings (SSSR count). The van der Waals surface area contributed by atoms with Gasteiger partial charge in [-0.15, -0.1) is 0 Å². The first kappa shape index (κ1) is 13.6. The molecular weight excluding hydrogens is 174 g/mol. The molecule has 1 atom stereocenters. The largest absolute Gasteiger partial charge is 0.325 e. The molecule has 0 radical (unpaired) electrons. The van der Waals surface area contributed by atoms with Gasteiger partial charge < -0.3 is 5.73 Å². The first-order valence-electron chi connectivity index (χ1n) is 5.47. The third-order valence-electron chi connectivity index (χ3n) is 3.40. The van der Waals surface area contributed by atoms with Crippen molar-refractivity contribution in [2.75, 3.05) is 0 Å². The molecule has 2 N–H and O–H groups in total. The number of carbonyl (C=O) groups excluding carboxylic acids is 1. The molecule has 0 saturated carbocycles. The summed E-state index contributed by atoms with van der Waals surface area (Å²) >= 11 is 0. The van der Waals surface area contributed by atoms with E-state index in [9.17, 15) is 4.79 Å². The lowest BCUT2D eigenvalue weighted by molar-refractivity contribution is -0.133. The summed E-state index contributed by atoms with van der Waals surface area (Å²) in [6.07, 6.45) is 2.01. The molecule has 0 bridgehead atoms. The molecule has 0 aliphatic rings.